The Kier molecular flexibility index (Phi) is 5.34. The number of anilines is 3. The maximum atomic E-state index is 12.9. The zero-order chi connectivity index (χ0) is 18.5. The van der Waals surface area contributed by atoms with Gasteiger partial charge in [-0.15, -0.1) is 0 Å². The number of nitrogens with zero attached hydrogens (tertiary/aromatic N) is 1. The van der Waals surface area contributed by atoms with Crippen LogP contribution in [-0.2, 0) is 0 Å². The number of carbonyl (C=O) groups excluding carboxylic acids is 1. The fourth-order valence-corrected chi connectivity index (χ4v) is 2.50. The summed E-state index contributed by atoms with van der Waals surface area (Å²) in [5, 5.41) is 6.31. The SMILES string of the molecule is COc1ccc(Nc2ccc(NC(=O)c3ccc(F)cc3)nc2)cc1Cl. The Morgan fingerprint density at radius 3 is 2.42 bits per heavy atom. The highest BCUT2D eigenvalue weighted by Crippen LogP contribution is 2.28. The number of halogens is 2. The van der Waals surface area contributed by atoms with Crippen LogP contribution in [0, 0.1) is 5.82 Å². The Balaban J connectivity index is 1.65. The van der Waals surface area contributed by atoms with Gasteiger partial charge in [0, 0.05) is 11.3 Å². The summed E-state index contributed by atoms with van der Waals surface area (Å²) in [6.45, 7) is 0. The summed E-state index contributed by atoms with van der Waals surface area (Å²) in [4.78, 5) is 16.3. The van der Waals surface area contributed by atoms with Crippen LogP contribution < -0.4 is 15.4 Å². The van der Waals surface area contributed by atoms with Crippen LogP contribution in [0.15, 0.2) is 60.8 Å². The summed E-state index contributed by atoms with van der Waals surface area (Å²) < 4.78 is 18.0. The molecular weight excluding hydrogens is 357 g/mol. The molecule has 1 heterocycles. The molecule has 1 aromatic heterocycles. The van der Waals surface area contributed by atoms with Crippen LogP contribution in [0.3, 0.4) is 0 Å². The number of amides is 1. The molecule has 0 aliphatic rings. The van der Waals surface area contributed by atoms with Crippen molar-refractivity contribution in [2.24, 2.45) is 0 Å². The average molecular weight is 372 g/mol. The molecule has 0 unspecified atom stereocenters. The van der Waals surface area contributed by atoms with Crippen molar-refractivity contribution in [1.82, 2.24) is 4.98 Å². The Morgan fingerprint density at radius 1 is 1.08 bits per heavy atom. The molecule has 0 saturated heterocycles. The Morgan fingerprint density at radius 2 is 1.81 bits per heavy atom. The van der Waals surface area contributed by atoms with Gasteiger partial charge in [0.25, 0.3) is 5.91 Å². The number of methoxy groups -OCH3 is 1. The summed E-state index contributed by atoms with van der Waals surface area (Å²) >= 11 is 6.09. The molecule has 1 amide bonds. The van der Waals surface area contributed by atoms with Crippen LogP contribution in [0.1, 0.15) is 10.4 Å². The molecule has 3 aromatic rings. The van der Waals surface area contributed by atoms with E-state index in [4.69, 9.17) is 16.3 Å². The van der Waals surface area contributed by atoms with Crippen LogP contribution in [0.25, 0.3) is 0 Å². The number of pyridine rings is 1. The second-order valence-corrected chi connectivity index (χ2v) is 5.77. The van der Waals surface area contributed by atoms with E-state index in [9.17, 15) is 9.18 Å². The lowest BCUT2D eigenvalue weighted by Crippen LogP contribution is -2.12. The van der Waals surface area contributed by atoms with Gasteiger partial charge < -0.3 is 15.4 Å². The van der Waals surface area contributed by atoms with Gasteiger partial charge in [-0.1, -0.05) is 11.6 Å². The van der Waals surface area contributed by atoms with Gasteiger partial charge in [-0.2, -0.15) is 0 Å². The predicted molar refractivity (Wildman–Crippen MR) is 99.9 cm³/mol. The normalized spacial score (nSPS) is 10.3. The molecule has 0 atom stereocenters. The van der Waals surface area contributed by atoms with E-state index in [0.29, 0.717) is 22.2 Å². The Hall–Kier alpha value is -3.12. The van der Waals surface area contributed by atoms with Crippen LogP contribution in [0.4, 0.5) is 21.6 Å². The van der Waals surface area contributed by atoms with E-state index in [1.54, 1.807) is 37.6 Å². The summed E-state index contributed by atoms with van der Waals surface area (Å²) in [7, 11) is 1.55. The highest BCUT2D eigenvalue weighted by atomic mass is 35.5. The first-order valence-electron chi connectivity index (χ1n) is 7.69. The smallest absolute Gasteiger partial charge is 0.256 e. The minimum absolute atomic E-state index is 0.350. The second-order valence-electron chi connectivity index (χ2n) is 5.37. The third-order valence-electron chi connectivity index (χ3n) is 3.55. The second kappa shape index (κ2) is 7.84. The van der Waals surface area contributed by atoms with Crippen molar-refractivity contribution in [1.29, 1.82) is 0 Å². The van der Waals surface area contributed by atoms with Gasteiger partial charge in [0.2, 0.25) is 0 Å². The van der Waals surface area contributed by atoms with Crippen molar-refractivity contribution < 1.29 is 13.9 Å². The predicted octanol–water partition coefficient (Wildman–Crippen LogP) is 4.88. The molecule has 0 radical (unpaired) electrons. The summed E-state index contributed by atoms with van der Waals surface area (Å²) in [5.74, 6) is 0.223. The lowest BCUT2D eigenvalue weighted by molar-refractivity contribution is 0.102. The molecule has 2 N–H and O–H groups in total. The topological polar surface area (TPSA) is 63.2 Å². The number of hydrogen-bond acceptors (Lipinski definition) is 4. The van der Waals surface area contributed by atoms with Gasteiger partial charge in [-0.25, -0.2) is 9.37 Å². The minimum atomic E-state index is -0.395. The summed E-state index contributed by atoms with van der Waals surface area (Å²) in [6.07, 6.45) is 1.58. The molecule has 0 fully saturated rings. The van der Waals surface area contributed by atoms with Crippen molar-refractivity contribution in [3.8, 4) is 5.75 Å². The highest BCUT2D eigenvalue weighted by molar-refractivity contribution is 6.32. The zero-order valence-electron chi connectivity index (χ0n) is 13.8. The van der Waals surface area contributed by atoms with Gasteiger partial charge >= 0.3 is 0 Å². The lowest BCUT2D eigenvalue weighted by Gasteiger charge is -2.10. The van der Waals surface area contributed by atoms with E-state index in [2.05, 4.69) is 15.6 Å². The number of carbonyl (C=O) groups is 1. The van der Waals surface area contributed by atoms with E-state index >= 15 is 0 Å². The first-order valence-corrected chi connectivity index (χ1v) is 8.06. The molecule has 0 bridgehead atoms. The molecule has 7 heteroatoms. The molecule has 0 saturated carbocycles. The molecule has 0 aliphatic carbocycles. The fraction of sp³-hybridized carbons (Fsp3) is 0.0526. The number of hydrogen-bond donors (Lipinski definition) is 2. The zero-order valence-corrected chi connectivity index (χ0v) is 14.5. The van der Waals surface area contributed by atoms with Gasteiger partial charge in [-0.3, -0.25) is 4.79 Å². The maximum absolute atomic E-state index is 12.9. The quantitative estimate of drug-likeness (QED) is 0.671. The minimum Gasteiger partial charge on any atom is -0.495 e. The van der Waals surface area contributed by atoms with Crippen LogP contribution in [0.5, 0.6) is 5.75 Å². The van der Waals surface area contributed by atoms with E-state index in [1.165, 1.54) is 24.3 Å². The van der Waals surface area contributed by atoms with Crippen molar-refractivity contribution >= 4 is 34.7 Å². The Bertz CT molecular complexity index is 915. The first-order chi connectivity index (χ1) is 12.5. The van der Waals surface area contributed by atoms with Crippen LogP contribution in [-0.4, -0.2) is 18.0 Å². The molecular formula is C19H15ClFN3O2. The number of aromatic nitrogens is 1. The standard InChI is InChI=1S/C19H15ClFN3O2/c1-26-17-8-6-14(10-16(17)20)23-15-7-9-18(22-11-15)24-19(25)12-2-4-13(21)5-3-12/h2-11,23H,1H3,(H,22,24,25). The van der Waals surface area contributed by atoms with Crippen LogP contribution in [0.2, 0.25) is 5.02 Å². The number of benzene rings is 2. The third kappa shape index (κ3) is 4.29. The third-order valence-corrected chi connectivity index (χ3v) is 3.85. The molecule has 26 heavy (non-hydrogen) atoms. The molecule has 5 nitrogen and oxygen atoms in total. The van der Waals surface area contributed by atoms with E-state index in [-0.39, 0.29) is 5.91 Å². The number of nitrogens with one attached hydrogen (secondary N) is 2. The van der Waals surface area contributed by atoms with Gasteiger partial charge in [0.15, 0.2) is 0 Å². The molecule has 2 aromatic carbocycles. The van der Waals surface area contributed by atoms with E-state index in [0.717, 1.165) is 11.4 Å². The van der Waals surface area contributed by atoms with Crippen molar-refractivity contribution in [3.05, 3.63) is 77.2 Å². The van der Waals surface area contributed by atoms with Crippen molar-refractivity contribution in [2.75, 3.05) is 17.7 Å². The van der Waals surface area contributed by atoms with Gasteiger partial charge in [0.05, 0.1) is 24.0 Å². The highest BCUT2D eigenvalue weighted by Gasteiger charge is 2.07. The van der Waals surface area contributed by atoms with Crippen LogP contribution >= 0.6 is 11.6 Å². The fourth-order valence-electron chi connectivity index (χ4n) is 2.24. The average Bonchev–Trinajstić information content (AvgIpc) is 2.64. The Labute approximate surface area is 154 Å². The monoisotopic (exact) mass is 371 g/mol. The summed E-state index contributed by atoms with van der Waals surface area (Å²) in [5.41, 5.74) is 1.86. The van der Waals surface area contributed by atoms with E-state index in [1.807, 2.05) is 6.07 Å². The lowest BCUT2D eigenvalue weighted by atomic mass is 10.2. The van der Waals surface area contributed by atoms with Gasteiger partial charge in [0.1, 0.15) is 17.4 Å². The van der Waals surface area contributed by atoms with Gasteiger partial charge in [-0.05, 0) is 54.6 Å². The maximum Gasteiger partial charge on any atom is 0.256 e. The molecule has 0 spiro atoms. The summed E-state index contributed by atoms with van der Waals surface area (Å²) in [6, 6.07) is 14.0. The van der Waals surface area contributed by atoms with E-state index < -0.39 is 5.82 Å². The van der Waals surface area contributed by atoms with Crippen molar-refractivity contribution in [3.63, 3.8) is 0 Å². The molecule has 3 rings (SSSR count). The largest absolute Gasteiger partial charge is 0.495 e. The number of ether oxygens (including phenoxy) is 1. The first kappa shape index (κ1) is 17.7. The molecule has 132 valence electrons. The molecule has 0 aliphatic heterocycles. The van der Waals surface area contributed by atoms with Crippen molar-refractivity contribution in [2.45, 2.75) is 0 Å². The number of rotatable bonds is 5.